The number of carbonyl (C=O) groups excluding carboxylic acids is 1. The third-order valence-electron chi connectivity index (χ3n) is 3.57. The topological polar surface area (TPSA) is 97.0 Å². The van der Waals surface area contributed by atoms with Crippen LogP contribution in [0.25, 0.3) is 11.0 Å². The zero-order valence-electron chi connectivity index (χ0n) is 13.3. The molecule has 128 valence electrons. The van der Waals surface area contributed by atoms with Crippen LogP contribution in [0, 0.1) is 0 Å². The number of nitrogens with one attached hydrogen (secondary N) is 2. The molecule has 0 bridgehead atoms. The smallest absolute Gasteiger partial charge is 0.278 e. The third-order valence-corrected chi connectivity index (χ3v) is 4.40. The van der Waals surface area contributed by atoms with E-state index in [1.54, 1.807) is 24.3 Å². The van der Waals surface area contributed by atoms with Gasteiger partial charge in [0.1, 0.15) is 21.9 Å². The van der Waals surface area contributed by atoms with E-state index in [1.807, 2.05) is 30.3 Å². The number of para-hydroxylation sites is 1. The second-order valence-electron chi connectivity index (χ2n) is 5.33. The number of carbonyl (C=O) groups is 1. The molecule has 0 aliphatic rings. The average molecular weight is 364 g/mol. The Kier molecular flexibility index (Phi) is 4.16. The Morgan fingerprint density at radius 2 is 1.73 bits per heavy atom. The van der Waals surface area contributed by atoms with Crippen LogP contribution in [0.15, 0.2) is 65.7 Å². The van der Waals surface area contributed by atoms with Crippen molar-refractivity contribution in [3.05, 3.63) is 76.2 Å². The maximum Gasteiger partial charge on any atom is 0.278 e. The van der Waals surface area contributed by atoms with Crippen molar-refractivity contribution in [2.75, 3.05) is 5.32 Å². The SMILES string of the molecule is O=C(Nc1ccc(Oc2ccccc2)cc1)c1snc2c(=O)[nH]cnc12. The van der Waals surface area contributed by atoms with Gasteiger partial charge in [-0.15, -0.1) is 0 Å². The van der Waals surface area contributed by atoms with Crippen molar-refractivity contribution in [3.8, 4) is 11.5 Å². The van der Waals surface area contributed by atoms with Crippen LogP contribution in [0.2, 0.25) is 0 Å². The summed E-state index contributed by atoms with van der Waals surface area (Å²) < 4.78 is 9.71. The van der Waals surface area contributed by atoms with E-state index in [-0.39, 0.29) is 21.9 Å². The van der Waals surface area contributed by atoms with Crippen molar-refractivity contribution in [1.82, 2.24) is 14.3 Å². The molecule has 4 aromatic rings. The molecule has 0 radical (unpaired) electrons. The summed E-state index contributed by atoms with van der Waals surface area (Å²) in [7, 11) is 0. The summed E-state index contributed by atoms with van der Waals surface area (Å²) in [5.41, 5.74) is 0.684. The van der Waals surface area contributed by atoms with Gasteiger partial charge in [0.15, 0.2) is 5.52 Å². The fourth-order valence-electron chi connectivity index (χ4n) is 2.35. The molecule has 1 amide bonds. The summed E-state index contributed by atoms with van der Waals surface area (Å²) in [6.07, 6.45) is 1.26. The molecular weight excluding hydrogens is 352 g/mol. The second kappa shape index (κ2) is 6.77. The molecule has 7 nitrogen and oxygen atoms in total. The van der Waals surface area contributed by atoms with E-state index in [2.05, 4.69) is 19.7 Å². The molecule has 2 N–H and O–H groups in total. The fraction of sp³-hybridized carbons (Fsp3) is 0. The second-order valence-corrected chi connectivity index (χ2v) is 6.11. The number of aromatic nitrogens is 3. The van der Waals surface area contributed by atoms with Crippen LogP contribution in [0.3, 0.4) is 0 Å². The van der Waals surface area contributed by atoms with Gasteiger partial charge in [-0.2, -0.15) is 4.37 Å². The van der Waals surface area contributed by atoms with Gasteiger partial charge in [-0.25, -0.2) is 4.98 Å². The van der Waals surface area contributed by atoms with E-state index in [0.717, 1.165) is 17.3 Å². The van der Waals surface area contributed by atoms with Gasteiger partial charge in [0.25, 0.3) is 11.5 Å². The number of hydrogen-bond acceptors (Lipinski definition) is 6. The number of fused-ring (bicyclic) bond motifs is 1. The maximum atomic E-state index is 12.5. The van der Waals surface area contributed by atoms with Crippen LogP contribution in [-0.2, 0) is 0 Å². The van der Waals surface area contributed by atoms with Gasteiger partial charge in [-0.1, -0.05) is 18.2 Å². The number of amides is 1. The zero-order valence-corrected chi connectivity index (χ0v) is 14.1. The summed E-state index contributed by atoms with van der Waals surface area (Å²) in [6.45, 7) is 0. The van der Waals surface area contributed by atoms with Gasteiger partial charge < -0.3 is 15.0 Å². The molecular formula is C18H12N4O3S. The van der Waals surface area contributed by atoms with Crippen LogP contribution in [0.5, 0.6) is 11.5 Å². The number of ether oxygens (including phenoxy) is 1. The Bertz CT molecular complexity index is 1120. The first-order chi connectivity index (χ1) is 12.7. The first-order valence-electron chi connectivity index (χ1n) is 7.68. The normalized spacial score (nSPS) is 10.6. The first-order valence-corrected chi connectivity index (χ1v) is 8.45. The predicted octanol–water partition coefficient (Wildman–Crippen LogP) is 3.42. The van der Waals surface area contributed by atoms with Crippen LogP contribution in [-0.4, -0.2) is 20.2 Å². The predicted molar refractivity (Wildman–Crippen MR) is 98.9 cm³/mol. The number of aromatic amines is 1. The number of benzene rings is 2. The molecule has 0 saturated carbocycles. The Balaban J connectivity index is 1.51. The summed E-state index contributed by atoms with van der Waals surface area (Å²) >= 11 is 0.940. The standard InChI is InChI=1S/C18H12N4O3S/c23-17-15-14(19-10-20-17)16(26-22-15)18(24)21-11-6-8-13(9-7-11)25-12-4-2-1-3-5-12/h1-10H,(H,21,24)(H,19,20,23). The van der Waals surface area contributed by atoms with Crippen molar-refractivity contribution < 1.29 is 9.53 Å². The molecule has 0 atom stereocenters. The van der Waals surface area contributed by atoms with Gasteiger partial charge in [-0.3, -0.25) is 9.59 Å². The first kappa shape index (κ1) is 16.0. The molecule has 2 heterocycles. The van der Waals surface area contributed by atoms with E-state index in [1.165, 1.54) is 6.33 Å². The number of H-pyrrole nitrogens is 1. The van der Waals surface area contributed by atoms with Crippen LogP contribution in [0.1, 0.15) is 9.67 Å². The maximum absolute atomic E-state index is 12.5. The van der Waals surface area contributed by atoms with Crippen LogP contribution >= 0.6 is 11.5 Å². The minimum atomic E-state index is -0.368. The van der Waals surface area contributed by atoms with Crippen LogP contribution in [0.4, 0.5) is 5.69 Å². The molecule has 2 aromatic heterocycles. The van der Waals surface area contributed by atoms with E-state index in [0.29, 0.717) is 17.0 Å². The third kappa shape index (κ3) is 3.17. The zero-order chi connectivity index (χ0) is 17.9. The van der Waals surface area contributed by atoms with Crippen LogP contribution < -0.4 is 15.6 Å². The molecule has 0 saturated heterocycles. The minimum Gasteiger partial charge on any atom is -0.457 e. The highest BCUT2D eigenvalue weighted by Crippen LogP contribution is 2.24. The monoisotopic (exact) mass is 364 g/mol. The lowest BCUT2D eigenvalue weighted by Crippen LogP contribution is -2.12. The molecule has 4 rings (SSSR count). The van der Waals surface area contributed by atoms with E-state index < -0.39 is 0 Å². The molecule has 0 fully saturated rings. The van der Waals surface area contributed by atoms with Gasteiger partial charge in [0, 0.05) is 5.69 Å². The lowest BCUT2D eigenvalue weighted by molar-refractivity contribution is 0.103. The molecule has 0 aliphatic heterocycles. The summed E-state index contributed by atoms with van der Waals surface area (Å²) in [6, 6.07) is 16.4. The number of anilines is 1. The average Bonchev–Trinajstić information content (AvgIpc) is 3.10. The molecule has 26 heavy (non-hydrogen) atoms. The fourth-order valence-corrected chi connectivity index (χ4v) is 3.07. The highest BCUT2D eigenvalue weighted by Gasteiger charge is 2.17. The van der Waals surface area contributed by atoms with Gasteiger partial charge >= 0.3 is 0 Å². The van der Waals surface area contributed by atoms with Crippen molar-refractivity contribution >= 4 is 34.2 Å². The van der Waals surface area contributed by atoms with Crippen molar-refractivity contribution in [2.45, 2.75) is 0 Å². The van der Waals surface area contributed by atoms with Gasteiger partial charge in [-0.05, 0) is 47.9 Å². The molecule has 0 unspecified atom stereocenters. The number of nitrogens with zero attached hydrogens (tertiary/aromatic N) is 2. The highest BCUT2D eigenvalue weighted by atomic mass is 32.1. The Morgan fingerprint density at radius 3 is 2.50 bits per heavy atom. The Hall–Kier alpha value is -3.52. The van der Waals surface area contributed by atoms with E-state index in [4.69, 9.17) is 4.74 Å². The van der Waals surface area contributed by atoms with Gasteiger partial charge in [0.05, 0.1) is 6.33 Å². The molecule has 0 spiro atoms. The summed E-state index contributed by atoms with van der Waals surface area (Å²) in [5, 5.41) is 2.77. The number of rotatable bonds is 4. The molecule has 8 heteroatoms. The van der Waals surface area contributed by atoms with E-state index >= 15 is 0 Å². The minimum absolute atomic E-state index is 0.161. The molecule has 2 aromatic carbocycles. The van der Waals surface area contributed by atoms with Crippen molar-refractivity contribution in [3.63, 3.8) is 0 Å². The summed E-state index contributed by atoms with van der Waals surface area (Å²) in [4.78, 5) is 30.9. The quantitative estimate of drug-likeness (QED) is 0.578. The van der Waals surface area contributed by atoms with Crippen molar-refractivity contribution in [1.29, 1.82) is 0 Å². The van der Waals surface area contributed by atoms with E-state index in [9.17, 15) is 9.59 Å². The van der Waals surface area contributed by atoms with Gasteiger partial charge in [0.2, 0.25) is 0 Å². The van der Waals surface area contributed by atoms with Crippen molar-refractivity contribution in [2.24, 2.45) is 0 Å². The Morgan fingerprint density at radius 1 is 1.00 bits per heavy atom. The lowest BCUT2D eigenvalue weighted by Gasteiger charge is -2.07. The lowest BCUT2D eigenvalue weighted by atomic mass is 10.3. The molecule has 0 aliphatic carbocycles. The number of hydrogen-bond donors (Lipinski definition) is 2. The largest absolute Gasteiger partial charge is 0.457 e. The highest BCUT2D eigenvalue weighted by molar-refractivity contribution is 7.09. The Labute approximate surface area is 151 Å². The summed E-state index contributed by atoms with van der Waals surface area (Å²) in [5.74, 6) is 1.02.